The van der Waals surface area contributed by atoms with Crippen molar-refractivity contribution >= 4 is 29.0 Å². The Kier molecular flexibility index (Phi) is 36.5. The number of hydrogen-bond acceptors (Lipinski definition) is 6. The maximum atomic E-state index is 9.19. The number of carbonyl (C=O) groups is 1. The van der Waals surface area contributed by atoms with Gasteiger partial charge in [-0.25, -0.2) is 12.0 Å². The maximum absolute atomic E-state index is 9.19. The number of aldehydes is 1. The first-order chi connectivity index (χ1) is 4.54. The van der Waals surface area contributed by atoms with Crippen LogP contribution in [0.5, 0.6) is 0 Å². The minimum atomic E-state index is -2.96. The van der Waals surface area contributed by atoms with Gasteiger partial charge in [0.2, 0.25) is 0 Å². The van der Waals surface area contributed by atoms with Crippen LogP contribution in [0.4, 0.5) is 0 Å². The summed E-state index contributed by atoms with van der Waals surface area (Å²) in [6.07, 6.45) is 0.750. The molecule has 0 radical (unpaired) electrons. The van der Waals surface area contributed by atoms with Crippen molar-refractivity contribution in [3.05, 3.63) is 0 Å². The van der Waals surface area contributed by atoms with Crippen molar-refractivity contribution in [2.75, 3.05) is 0 Å². The Morgan fingerprint density at radius 1 is 1.17 bits per heavy atom. The molecular weight excluding hydrogens is 230 g/mol. The fourth-order valence-electron chi connectivity index (χ4n) is 0.0454. The Balaban J connectivity index is -0.0000000569. The van der Waals surface area contributed by atoms with Gasteiger partial charge in [-0.2, -0.15) is 0 Å². The van der Waals surface area contributed by atoms with Crippen LogP contribution >= 0.6 is 0 Å². The van der Waals surface area contributed by atoms with Crippen LogP contribution in [0.1, 0.15) is 6.92 Å². The van der Waals surface area contributed by atoms with Gasteiger partial charge in [-0.15, -0.1) is 0 Å². The molecule has 0 aliphatic carbocycles. The number of rotatable bonds is 2. The van der Waals surface area contributed by atoms with E-state index in [9.17, 15) is 17.5 Å². The molecule has 0 aromatic heterocycles. The van der Waals surface area contributed by atoms with Crippen molar-refractivity contribution in [1.82, 2.24) is 0 Å². The van der Waals surface area contributed by atoms with Crippen LogP contribution in [0.15, 0.2) is 0 Å². The van der Waals surface area contributed by atoms with Crippen LogP contribution in [-0.4, -0.2) is 23.8 Å². The molecule has 0 aromatic rings. The molecule has 0 heterocycles. The van der Waals surface area contributed by atoms with E-state index in [2.05, 4.69) is 3.63 Å². The molecule has 6 nitrogen and oxygen atoms in total. The molecule has 0 atom stereocenters. The molecule has 0 unspecified atom stereocenters. The zero-order valence-corrected chi connectivity index (χ0v) is 12.5. The molecule has 0 rings (SSSR count). The molecule has 0 N–H and O–H groups in total. The third-order valence-electron chi connectivity index (χ3n) is 0.111. The average Bonchev–Trinajstić information content (AvgIpc) is 1.62. The first kappa shape index (κ1) is 23.6. The Labute approximate surface area is 119 Å². The van der Waals surface area contributed by atoms with E-state index in [0.717, 1.165) is 6.29 Å². The molecule has 0 spiro atoms. The van der Waals surface area contributed by atoms with Crippen molar-refractivity contribution in [3.63, 3.8) is 0 Å². The van der Waals surface area contributed by atoms with E-state index in [-0.39, 0.29) is 59.1 Å². The van der Waals surface area contributed by atoms with Crippen molar-refractivity contribution < 1.29 is 85.1 Å². The molecule has 0 aliphatic rings. The molecule has 12 heavy (non-hydrogen) atoms. The Morgan fingerprint density at radius 2 is 1.33 bits per heavy atom. The van der Waals surface area contributed by atoms with E-state index in [1.165, 1.54) is 6.92 Å². The fourth-order valence-corrected chi connectivity index (χ4v) is 0.408. The second kappa shape index (κ2) is 18.6. The molecule has 10 heteroatoms. The third-order valence-corrected chi connectivity index (χ3v) is 1.00. The summed E-state index contributed by atoms with van der Waals surface area (Å²) in [6, 6.07) is 0. The van der Waals surface area contributed by atoms with E-state index in [0.29, 0.717) is 0 Å². The average molecular weight is 234 g/mol. The minimum Gasteiger partial charge on any atom is -0.749 e. The van der Waals surface area contributed by atoms with Crippen molar-refractivity contribution in [2.45, 2.75) is 6.92 Å². The standard InChI is InChI=1S/C2H4O.2Na.H2O5S2/c1-2-3;;;1-6(2)5-7(3)4/h2H,1H3;;;(H,1,2)(H,3,4)/q;2*+1;/p-2. The van der Waals surface area contributed by atoms with E-state index in [1.54, 1.807) is 0 Å². The summed E-state index contributed by atoms with van der Waals surface area (Å²) in [5.74, 6) is 0. The van der Waals surface area contributed by atoms with Crippen LogP contribution in [0.25, 0.3) is 0 Å². The molecule has 62 valence electrons. The van der Waals surface area contributed by atoms with Gasteiger partial charge in [-0.05, 0) is 6.92 Å². The van der Waals surface area contributed by atoms with Crippen LogP contribution < -0.4 is 59.1 Å². The second-order valence-electron chi connectivity index (χ2n) is 0.712. The zero-order valence-electron chi connectivity index (χ0n) is 6.84. The quantitative estimate of drug-likeness (QED) is 0.267. The van der Waals surface area contributed by atoms with Gasteiger partial charge in [0.15, 0.2) is 0 Å². The van der Waals surface area contributed by atoms with Crippen LogP contribution in [-0.2, 0) is 31.1 Å². The first-order valence-corrected chi connectivity index (χ1v) is 3.81. The van der Waals surface area contributed by atoms with E-state index >= 15 is 0 Å². The predicted octanol–water partition coefficient (Wildman–Crippen LogP) is -7.20. The predicted molar refractivity (Wildman–Crippen MR) is 30.7 cm³/mol. The normalized spacial score (nSPS) is 11.9. The van der Waals surface area contributed by atoms with Gasteiger partial charge in [-0.3, -0.25) is 0 Å². The summed E-state index contributed by atoms with van der Waals surface area (Å²) in [7, 11) is 0. The van der Waals surface area contributed by atoms with Crippen molar-refractivity contribution in [2.24, 2.45) is 0 Å². The van der Waals surface area contributed by atoms with Gasteiger partial charge >= 0.3 is 59.1 Å². The van der Waals surface area contributed by atoms with Gasteiger partial charge in [-0.1, -0.05) is 0 Å². The molecule has 0 saturated heterocycles. The smallest absolute Gasteiger partial charge is 0.749 e. The Morgan fingerprint density at radius 3 is 1.33 bits per heavy atom. The molecule has 0 fully saturated rings. The van der Waals surface area contributed by atoms with Crippen molar-refractivity contribution in [3.8, 4) is 0 Å². The van der Waals surface area contributed by atoms with Gasteiger partial charge in [0.1, 0.15) is 6.29 Å². The second-order valence-corrected chi connectivity index (χ2v) is 2.07. The zero-order chi connectivity index (χ0) is 8.57. The third kappa shape index (κ3) is 40.8. The van der Waals surface area contributed by atoms with Gasteiger partial charge in [0, 0.05) is 0 Å². The minimum absolute atomic E-state index is 0. The molecule has 0 amide bonds. The van der Waals surface area contributed by atoms with Crippen LogP contribution in [0.2, 0.25) is 0 Å². The summed E-state index contributed by atoms with van der Waals surface area (Å²) in [5, 5.41) is 0. The van der Waals surface area contributed by atoms with E-state index in [4.69, 9.17) is 4.79 Å². The number of carbonyl (C=O) groups excluding carboxylic acids is 1. The number of hydrogen-bond donors (Lipinski definition) is 0. The monoisotopic (exact) mass is 234 g/mol. The fraction of sp³-hybridized carbons (Fsp3) is 0.500. The largest absolute Gasteiger partial charge is 1.00 e. The molecule has 0 aliphatic heterocycles. The van der Waals surface area contributed by atoms with Crippen molar-refractivity contribution in [1.29, 1.82) is 0 Å². The molecule has 0 saturated carbocycles. The summed E-state index contributed by atoms with van der Waals surface area (Å²) < 4.78 is 39.9. The molecule has 0 bridgehead atoms. The van der Waals surface area contributed by atoms with Gasteiger partial charge < -0.3 is 13.9 Å². The van der Waals surface area contributed by atoms with E-state index < -0.39 is 22.7 Å². The summed E-state index contributed by atoms with van der Waals surface area (Å²) in [4.78, 5) is 8.81. The van der Waals surface area contributed by atoms with Crippen LogP contribution in [0.3, 0.4) is 0 Å². The Bertz CT molecular complexity index is 128. The SMILES string of the molecule is CC=O.O=S([O-])OS(=O)[O-].[Na+].[Na+]. The summed E-state index contributed by atoms with van der Waals surface area (Å²) >= 11 is -5.92. The van der Waals surface area contributed by atoms with Crippen LogP contribution in [0, 0.1) is 0 Å². The Hall–Kier alpha value is 1.85. The van der Waals surface area contributed by atoms with Gasteiger partial charge in [0.05, 0.1) is 22.7 Å². The molecular formula is C2H4Na2O6S2. The topological polar surface area (TPSA) is 107 Å². The first-order valence-electron chi connectivity index (χ1n) is 1.81. The van der Waals surface area contributed by atoms with Gasteiger partial charge in [0.25, 0.3) is 0 Å². The molecule has 0 aromatic carbocycles. The van der Waals surface area contributed by atoms with E-state index in [1.807, 2.05) is 0 Å². The maximum Gasteiger partial charge on any atom is 1.00 e. The summed E-state index contributed by atoms with van der Waals surface area (Å²) in [5.41, 5.74) is 0. The summed E-state index contributed by atoms with van der Waals surface area (Å²) in [6.45, 7) is 1.44.